The van der Waals surface area contributed by atoms with Gasteiger partial charge in [0.05, 0.1) is 38.6 Å². The Morgan fingerprint density at radius 2 is 1.05 bits per heavy atom. The summed E-state index contributed by atoms with van der Waals surface area (Å²) in [5.74, 6) is 2.44. The first kappa shape index (κ1) is 17.4. The molecule has 0 amide bonds. The molecule has 4 aliphatic heterocycles. The first-order valence-corrected chi connectivity index (χ1v) is 13.5. The highest BCUT2D eigenvalue weighted by atomic mass is 32.3. The van der Waals surface area contributed by atoms with Crippen LogP contribution in [0, 0.1) is 0 Å². The molecule has 0 aromatic rings. The van der Waals surface area contributed by atoms with Gasteiger partial charge in [-0.3, -0.25) is 0 Å². The van der Waals surface area contributed by atoms with Crippen molar-refractivity contribution in [3.05, 3.63) is 25.4 Å². The van der Waals surface area contributed by atoms with Crippen molar-refractivity contribution in [1.82, 2.24) is 0 Å². The van der Waals surface area contributed by atoms with E-state index < -0.39 is 0 Å². The maximum absolute atomic E-state index is 9.51. The molecule has 4 aliphatic rings. The average molecular weight is 445 g/mol. The van der Waals surface area contributed by atoms with Crippen molar-refractivity contribution in [3.63, 3.8) is 0 Å². The Hall–Kier alpha value is 1.94. The van der Waals surface area contributed by atoms with E-state index in [1.807, 2.05) is 70.6 Å². The lowest BCUT2D eigenvalue weighted by Crippen LogP contribution is -2.29. The van der Waals surface area contributed by atoms with Crippen LogP contribution in [0.1, 0.15) is 0 Å². The van der Waals surface area contributed by atoms with E-state index in [9.17, 15) is 10.2 Å². The molecule has 120 valence electrons. The third-order valence-electron chi connectivity index (χ3n) is 3.08. The van der Waals surface area contributed by atoms with Gasteiger partial charge in [-0.2, -0.15) is 0 Å². The van der Waals surface area contributed by atoms with Gasteiger partial charge in [-0.25, -0.2) is 0 Å². The fourth-order valence-corrected chi connectivity index (χ4v) is 14.7. The van der Waals surface area contributed by atoms with Crippen LogP contribution >= 0.6 is 94.1 Å². The predicted octanol–water partition coefficient (Wildman–Crippen LogP) is 5.01. The van der Waals surface area contributed by atoms with Gasteiger partial charge in [-0.15, -0.1) is 47.0 Å². The van der Waals surface area contributed by atoms with Gasteiger partial charge in [0.15, 0.2) is 0 Å². The van der Waals surface area contributed by atoms with E-state index in [0.29, 0.717) is 0 Å². The number of aliphatic hydroxyl groups is 2. The maximum Gasteiger partial charge on any atom is 0.0717 e. The summed E-state index contributed by atoms with van der Waals surface area (Å²) in [7, 11) is 0. The topological polar surface area (TPSA) is 40.5 Å². The number of thioether (sulfide) groups is 8. The van der Waals surface area contributed by atoms with Gasteiger partial charge in [0.2, 0.25) is 0 Å². The third-order valence-corrected chi connectivity index (χ3v) is 15.6. The molecule has 0 aliphatic carbocycles. The van der Waals surface area contributed by atoms with E-state index >= 15 is 0 Å². The Morgan fingerprint density at radius 3 is 1.45 bits per heavy atom. The lowest BCUT2D eigenvalue weighted by molar-refractivity contribution is 0.253. The van der Waals surface area contributed by atoms with Crippen molar-refractivity contribution in [2.45, 2.75) is 10.5 Å². The van der Waals surface area contributed by atoms with Gasteiger partial charge >= 0.3 is 0 Å². The van der Waals surface area contributed by atoms with Gasteiger partial charge in [-0.1, -0.05) is 47.0 Å². The van der Waals surface area contributed by atoms with Gasteiger partial charge in [0, 0.05) is 22.0 Å². The summed E-state index contributed by atoms with van der Waals surface area (Å²) >= 11 is 15.0. The van der Waals surface area contributed by atoms with Crippen molar-refractivity contribution in [2.75, 3.05) is 24.7 Å². The molecule has 0 spiro atoms. The number of aliphatic hydroxyl groups excluding tert-OH is 2. The van der Waals surface area contributed by atoms with E-state index in [0.717, 1.165) is 0 Å². The Kier molecular flexibility index (Phi) is 6.05. The molecule has 0 unspecified atom stereocenters. The van der Waals surface area contributed by atoms with Crippen molar-refractivity contribution in [1.29, 1.82) is 0 Å². The predicted molar refractivity (Wildman–Crippen MR) is 113 cm³/mol. The Labute approximate surface area is 163 Å². The summed E-state index contributed by atoms with van der Waals surface area (Å²) in [6.45, 7) is 0.257. The second kappa shape index (κ2) is 7.67. The van der Waals surface area contributed by atoms with Gasteiger partial charge < -0.3 is 10.2 Å². The molecular weight excluding hydrogens is 433 g/mol. The van der Waals surface area contributed by atoms with Crippen molar-refractivity contribution < 1.29 is 10.2 Å². The minimum Gasteiger partial charge on any atom is -0.395 e. The van der Waals surface area contributed by atoms with E-state index in [4.69, 9.17) is 0 Å². The van der Waals surface area contributed by atoms with Gasteiger partial charge in [-0.05, 0) is 0 Å². The Balaban J connectivity index is 1.50. The Morgan fingerprint density at radius 1 is 0.636 bits per heavy atom. The Bertz CT molecular complexity index is 538. The van der Waals surface area contributed by atoms with Crippen LogP contribution in [0.15, 0.2) is 25.4 Å². The molecule has 2 nitrogen and oxygen atoms in total. The van der Waals surface area contributed by atoms with Crippen molar-refractivity contribution in [3.8, 4) is 0 Å². The highest BCUT2D eigenvalue weighted by molar-refractivity contribution is 8.45. The quantitative estimate of drug-likeness (QED) is 0.607. The first-order chi connectivity index (χ1) is 10.8. The summed E-state index contributed by atoms with van der Waals surface area (Å²) in [6.07, 6.45) is 0. The average Bonchev–Trinajstić information content (AvgIpc) is 3.16. The van der Waals surface area contributed by atoms with Crippen molar-refractivity contribution in [2.24, 2.45) is 0 Å². The molecule has 22 heavy (non-hydrogen) atoms. The van der Waals surface area contributed by atoms with E-state index in [-0.39, 0.29) is 23.7 Å². The second-order valence-corrected chi connectivity index (χ2v) is 14.8. The first-order valence-electron chi connectivity index (χ1n) is 6.53. The van der Waals surface area contributed by atoms with Crippen LogP contribution in [0.25, 0.3) is 0 Å². The largest absolute Gasteiger partial charge is 0.395 e. The lowest BCUT2D eigenvalue weighted by Gasteiger charge is -2.27. The van der Waals surface area contributed by atoms with Crippen molar-refractivity contribution >= 4 is 94.1 Å². The molecule has 0 fully saturated rings. The molecule has 0 aromatic heterocycles. The maximum atomic E-state index is 9.51. The van der Waals surface area contributed by atoms with Crippen LogP contribution in [-0.4, -0.2) is 45.4 Å². The molecule has 2 N–H and O–H groups in total. The van der Waals surface area contributed by atoms with Crippen LogP contribution in [0.4, 0.5) is 0 Å². The lowest BCUT2D eigenvalue weighted by atomic mass is 10.3. The summed E-state index contributed by atoms with van der Waals surface area (Å²) < 4.78 is 8.39. The smallest absolute Gasteiger partial charge is 0.0717 e. The van der Waals surface area contributed by atoms with E-state index in [1.165, 1.54) is 36.9 Å². The van der Waals surface area contributed by atoms with Crippen LogP contribution < -0.4 is 0 Å². The van der Waals surface area contributed by atoms with E-state index in [1.54, 1.807) is 23.5 Å². The van der Waals surface area contributed by atoms with Crippen LogP contribution in [0.2, 0.25) is 0 Å². The highest BCUT2D eigenvalue weighted by Crippen LogP contribution is 2.68. The summed E-state index contributed by atoms with van der Waals surface area (Å²) in [5, 5.41) is 19.2. The third kappa shape index (κ3) is 3.43. The highest BCUT2D eigenvalue weighted by Gasteiger charge is 2.38. The molecule has 4 heterocycles. The summed E-state index contributed by atoms with van der Waals surface area (Å²) in [5.41, 5.74) is 0. The molecule has 0 saturated carbocycles. The van der Waals surface area contributed by atoms with Gasteiger partial charge in [0.1, 0.15) is 0 Å². The summed E-state index contributed by atoms with van der Waals surface area (Å²) in [4.78, 5) is 0. The SMILES string of the molecule is OC[C@H]1SC2=C(SC(=C3SC4=C(SCCS4)S3)S2)S[C@@H]1CO. The molecule has 0 aromatic carbocycles. The number of hydrogen-bond acceptors (Lipinski definition) is 10. The molecule has 0 saturated heterocycles. The molecular formula is C12H12O2S8. The zero-order valence-corrected chi connectivity index (χ0v) is 17.7. The number of rotatable bonds is 2. The standard InChI is InChI=1S/C12H12O2S8/c13-3-5-6(4-14)18-10-9(17-5)21-12(22-10)11-19-7-8(20-11)16-2-1-15-7/h5-6,13-14H,1-4H2/t5-,6-/m1/s1. The molecule has 0 bridgehead atoms. The zero-order chi connectivity index (χ0) is 15.1. The minimum atomic E-state index is 0.104. The normalized spacial score (nSPS) is 31.9. The minimum absolute atomic E-state index is 0.104. The molecule has 10 heteroatoms. The van der Waals surface area contributed by atoms with Crippen LogP contribution in [0.5, 0.6) is 0 Å². The van der Waals surface area contributed by atoms with Crippen LogP contribution in [-0.2, 0) is 0 Å². The molecule has 4 rings (SSSR count). The molecule has 2 atom stereocenters. The number of hydrogen-bond donors (Lipinski definition) is 2. The van der Waals surface area contributed by atoms with Gasteiger partial charge in [0.25, 0.3) is 0 Å². The van der Waals surface area contributed by atoms with E-state index in [2.05, 4.69) is 0 Å². The summed E-state index contributed by atoms with van der Waals surface area (Å²) in [6, 6.07) is 0. The fraction of sp³-hybridized carbons (Fsp3) is 0.500. The second-order valence-electron chi connectivity index (χ2n) is 4.51. The monoisotopic (exact) mass is 444 g/mol. The van der Waals surface area contributed by atoms with Crippen LogP contribution in [0.3, 0.4) is 0 Å². The zero-order valence-electron chi connectivity index (χ0n) is 11.1. The fourth-order valence-electron chi connectivity index (χ4n) is 2.04. The molecule has 0 radical (unpaired) electrons.